The van der Waals surface area contributed by atoms with Crippen molar-refractivity contribution in [3.05, 3.63) is 53.1 Å². The summed E-state index contributed by atoms with van der Waals surface area (Å²) < 4.78 is 0.907. The topological polar surface area (TPSA) is 88.2 Å². The first-order valence-electron chi connectivity index (χ1n) is 7.20. The minimum atomic E-state index is -0.161. The van der Waals surface area contributed by atoms with E-state index in [-0.39, 0.29) is 17.7 Å². The third kappa shape index (κ3) is 3.12. The molecular weight excluding hydrogens is 310 g/mol. The van der Waals surface area contributed by atoms with Gasteiger partial charge in [-0.25, -0.2) is 4.98 Å². The van der Waals surface area contributed by atoms with Gasteiger partial charge in [0, 0.05) is 5.56 Å². The lowest BCUT2D eigenvalue weighted by molar-refractivity contribution is 0.0940. The molecule has 0 radical (unpaired) electrons. The summed E-state index contributed by atoms with van der Waals surface area (Å²) in [7, 11) is 0. The van der Waals surface area contributed by atoms with Crippen LogP contribution in [0.5, 0.6) is 5.75 Å². The fourth-order valence-electron chi connectivity index (χ4n) is 2.47. The van der Waals surface area contributed by atoms with E-state index in [1.54, 1.807) is 24.3 Å². The number of aromatic hydroxyl groups is 1. The van der Waals surface area contributed by atoms with Crippen LogP contribution in [0.3, 0.4) is 0 Å². The highest BCUT2D eigenvalue weighted by atomic mass is 32.1. The molecule has 0 saturated heterocycles. The maximum Gasteiger partial charge on any atom is 0.251 e. The lowest BCUT2D eigenvalue weighted by atomic mass is 10.1. The molecule has 1 heterocycles. The molecule has 4 N–H and O–H groups in total. The number of nitrogen functional groups attached to an aromatic ring is 1. The number of nitrogens with two attached hydrogens (primary N) is 1. The second-order valence-electron chi connectivity index (χ2n) is 5.48. The molecule has 23 heavy (non-hydrogen) atoms. The van der Waals surface area contributed by atoms with Crippen molar-refractivity contribution in [2.75, 3.05) is 5.73 Å². The summed E-state index contributed by atoms with van der Waals surface area (Å²) in [5.41, 5.74) is 9.03. The van der Waals surface area contributed by atoms with Crippen molar-refractivity contribution in [1.82, 2.24) is 10.3 Å². The number of benzene rings is 2. The zero-order valence-electron chi connectivity index (χ0n) is 12.8. The number of fused-ring (bicyclic) bond motifs is 1. The van der Waals surface area contributed by atoms with Crippen molar-refractivity contribution in [3.8, 4) is 5.75 Å². The van der Waals surface area contributed by atoms with Gasteiger partial charge in [0.25, 0.3) is 5.91 Å². The zero-order valence-corrected chi connectivity index (χ0v) is 13.6. The van der Waals surface area contributed by atoms with Gasteiger partial charge in [-0.1, -0.05) is 23.5 Å². The summed E-state index contributed by atoms with van der Waals surface area (Å²) in [4.78, 5) is 16.8. The Kier molecular flexibility index (Phi) is 3.92. The number of thiazole rings is 1. The number of aromatic nitrogens is 1. The van der Waals surface area contributed by atoms with Gasteiger partial charge < -0.3 is 16.2 Å². The van der Waals surface area contributed by atoms with Crippen molar-refractivity contribution in [2.45, 2.75) is 19.9 Å². The third-order valence-electron chi connectivity index (χ3n) is 3.70. The predicted molar refractivity (Wildman–Crippen MR) is 92.8 cm³/mol. The van der Waals surface area contributed by atoms with Crippen LogP contribution >= 0.6 is 11.3 Å². The monoisotopic (exact) mass is 327 g/mol. The Morgan fingerprint density at radius 1 is 1.30 bits per heavy atom. The summed E-state index contributed by atoms with van der Waals surface area (Å²) in [5.74, 6) is 0.0543. The van der Waals surface area contributed by atoms with Gasteiger partial charge in [-0.3, -0.25) is 4.79 Å². The number of aryl methyl sites for hydroxylation is 1. The number of carbonyl (C=O) groups excluding carboxylic acids is 1. The molecule has 0 spiro atoms. The van der Waals surface area contributed by atoms with Gasteiger partial charge in [-0.2, -0.15) is 0 Å². The molecule has 5 nitrogen and oxygen atoms in total. The van der Waals surface area contributed by atoms with E-state index in [0.717, 1.165) is 21.3 Å². The first kappa shape index (κ1) is 15.3. The first-order chi connectivity index (χ1) is 10.9. The van der Waals surface area contributed by atoms with Crippen molar-refractivity contribution in [1.29, 1.82) is 0 Å². The highest BCUT2D eigenvalue weighted by Crippen LogP contribution is 2.28. The summed E-state index contributed by atoms with van der Waals surface area (Å²) in [6, 6.07) is 10.3. The molecule has 2 aromatic carbocycles. The number of phenolic OH excluding ortho intramolecular Hbond substituents is 1. The van der Waals surface area contributed by atoms with Crippen molar-refractivity contribution < 1.29 is 9.90 Å². The Morgan fingerprint density at radius 3 is 2.70 bits per heavy atom. The van der Waals surface area contributed by atoms with Crippen LogP contribution in [-0.4, -0.2) is 16.0 Å². The summed E-state index contributed by atoms with van der Waals surface area (Å²) in [5, 5.41) is 12.8. The van der Waals surface area contributed by atoms with Crippen LogP contribution in [-0.2, 0) is 0 Å². The Balaban J connectivity index is 1.84. The van der Waals surface area contributed by atoms with Gasteiger partial charge in [0.15, 0.2) is 5.13 Å². The van der Waals surface area contributed by atoms with E-state index in [1.165, 1.54) is 11.3 Å². The Morgan fingerprint density at radius 2 is 2.00 bits per heavy atom. The maximum atomic E-state index is 12.5. The Labute approximate surface area is 137 Å². The van der Waals surface area contributed by atoms with Crippen LogP contribution in [0.1, 0.15) is 34.5 Å². The van der Waals surface area contributed by atoms with Gasteiger partial charge in [-0.15, -0.1) is 0 Å². The minimum absolute atomic E-state index is 0.150. The standard InChI is InChI=1S/C17H17N3O2S/c1-9-7-12(8-14-15(9)20-17(18)23-14)16(22)19-10(2)11-3-5-13(21)6-4-11/h3-8,10,21H,1-2H3,(H2,18,20)(H,19,22)/t10-/m0/s1. The van der Waals surface area contributed by atoms with Crippen LogP contribution in [0.4, 0.5) is 5.13 Å². The molecule has 0 aliphatic rings. The predicted octanol–water partition coefficient (Wildman–Crippen LogP) is 3.38. The van der Waals surface area contributed by atoms with E-state index in [1.807, 2.05) is 26.0 Å². The molecule has 0 saturated carbocycles. The molecule has 0 unspecified atom stereocenters. The average Bonchev–Trinajstić information content (AvgIpc) is 2.88. The molecule has 0 aliphatic carbocycles. The lowest BCUT2D eigenvalue weighted by Crippen LogP contribution is -2.26. The second-order valence-corrected chi connectivity index (χ2v) is 6.54. The first-order valence-corrected chi connectivity index (χ1v) is 8.02. The Hall–Kier alpha value is -2.60. The number of carbonyl (C=O) groups is 1. The molecule has 118 valence electrons. The molecule has 1 amide bonds. The normalized spacial score (nSPS) is 12.3. The SMILES string of the molecule is Cc1cc(C(=O)N[C@@H](C)c2ccc(O)cc2)cc2sc(N)nc12. The van der Waals surface area contributed by atoms with E-state index in [0.29, 0.717) is 10.7 Å². The van der Waals surface area contributed by atoms with E-state index >= 15 is 0 Å². The van der Waals surface area contributed by atoms with E-state index in [9.17, 15) is 9.90 Å². The fourth-order valence-corrected chi connectivity index (χ4v) is 3.32. The second kappa shape index (κ2) is 5.89. The molecule has 3 aromatic rings. The van der Waals surface area contributed by atoms with E-state index in [4.69, 9.17) is 5.73 Å². The van der Waals surface area contributed by atoms with Crippen molar-refractivity contribution >= 4 is 32.6 Å². The smallest absolute Gasteiger partial charge is 0.251 e. The summed E-state index contributed by atoms with van der Waals surface area (Å²) in [6.07, 6.45) is 0. The number of amides is 1. The average molecular weight is 327 g/mol. The minimum Gasteiger partial charge on any atom is -0.508 e. The van der Waals surface area contributed by atoms with Gasteiger partial charge in [-0.05, 0) is 49.2 Å². The highest BCUT2D eigenvalue weighted by molar-refractivity contribution is 7.22. The van der Waals surface area contributed by atoms with Crippen LogP contribution in [0.25, 0.3) is 10.2 Å². The Bertz CT molecular complexity index is 871. The van der Waals surface area contributed by atoms with Gasteiger partial charge >= 0.3 is 0 Å². The van der Waals surface area contributed by atoms with Crippen molar-refractivity contribution in [3.63, 3.8) is 0 Å². The van der Waals surface area contributed by atoms with Gasteiger partial charge in [0.05, 0.1) is 16.3 Å². The number of phenols is 1. The van der Waals surface area contributed by atoms with Crippen molar-refractivity contribution in [2.24, 2.45) is 0 Å². The number of anilines is 1. The van der Waals surface area contributed by atoms with Crippen LogP contribution in [0, 0.1) is 6.92 Å². The largest absolute Gasteiger partial charge is 0.508 e. The lowest BCUT2D eigenvalue weighted by Gasteiger charge is -2.15. The third-order valence-corrected chi connectivity index (χ3v) is 4.54. The molecule has 0 bridgehead atoms. The number of hydrogen-bond acceptors (Lipinski definition) is 5. The molecule has 1 atom stereocenters. The van der Waals surface area contributed by atoms with Crippen LogP contribution < -0.4 is 11.1 Å². The van der Waals surface area contributed by atoms with E-state index < -0.39 is 0 Å². The molecule has 1 aromatic heterocycles. The highest BCUT2D eigenvalue weighted by Gasteiger charge is 2.14. The quantitative estimate of drug-likeness (QED) is 0.688. The van der Waals surface area contributed by atoms with Crippen LogP contribution in [0.15, 0.2) is 36.4 Å². The van der Waals surface area contributed by atoms with Gasteiger partial charge in [0.1, 0.15) is 5.75 Å². The number of rotatable bonds is 3. The molecule has 6 heteroatoms. The molecular formula is C17H17N3O2S. The summed E-state index contributed by atoms with van der Waals surface area (Å²) >= 11 is 1.37. The molecule has 0 fully saturated rings. The number of nitrogens with one attached hydrogen (secondary N) is 1. The fraction of sp³-hybridized carbons (Fsp3) is 0.176. The molecule has 3 rings (SSSR count). The molecule has 0 aliphatic heterocycles. The number of hydrogen-bond donors (Lipinski definition) is 3. The zero-order chi connectivity index (χ0) is 16.6. The van der Waals surface area contributed by atoms with Crippen LogP contribution in [0.2, 0.25) is 0 Å². The van der Waals surface area contributed by atoms with E-state index in [2.05, 4.69) is 10.3 Å². The number of nitrogens with zero attached hydrogens (tertiary/aromatic N) is 1. The maximum absolute atomic E-state index is 12.5. The summed E-state index contributed by atoms with van der Waals surface area (Å²) in [6.45, 7) is 3.82. The van der Waals surface area contributed by atoms with Gasteiger partial charge in [0.2, 0.25) is 0 Å².